The third-order valence-corrected chi connectivity index (χ3v) is 4.67. The number of halogens is 1. The molecule has 6 heteroatoms. The standard InChI is InChI=1S/C17H17BrN2O2S/c1-12-3-5-13(6-4-12)19-16(21)11-20(2)17(22)10-8-14-7-9-15(18)23-14/h3-10H,11H2,1-2H3,(H,19,21)/b10-8+. The summed E-state index contributed by atoms with van der Waals surface area (Å²) in [5.74, 6) is -0.439. The molecular formula is C17H17BrN2O2S. The number of carbonyl (C=O) groups is 2. The Morgan fingerprint density at radius 2 is 1.91 bits per heavy atom. The van der Waals surface area contributed by atoms with Gasteiger partial charge < -0.3 is 10.2 Å². The molecular weight excluding hydrogens is 376 g/mol. The van der Waals surface area contributed by atoms with Crippen LogP contribution in [-0.2, 0) is 9.59 Å². The predicted molar refractivity (Wildman–Crippen MR) is 98.5 cm³/mol. The number of carbonyl (C=O) groups excluding carboxylic acids is 2. The molecule has 23 heavy (non-hydrogen) atoms. The van der Waals surface area contributed by atoms with Gasteiger partial charge in [0.05, 0.1) is 10.3 Å². The molecule has 0 saturated heterocycles. The zero-order valence-electron chi connectivity index (χ0n) is 12.9. The van der Waals surface area contributed by atoms with E-state index in [0.29, 0.717) is 0 Å². The first-order valence-electron chi connectivity index (χ1n) is 6.99. The number of aryl methyl sites for hydroxylation is 1. The Balaban J connectivity index is 1.86. The first-order chi connectivity index (χ1) is 10.9. The minimum atomic E-state index is -0.225. The van der Waals surface area contributed by atoms with E-state index in [1.54, 1.807) is 13.1 Å². The number of hydrogen-bond donors (Lipinski definition) is 1. The molecule has 2 aromatic rings. The Labute approximate surface area is 147 Å². The number of benzene rings is 1. The quantitative estimate of drug-likeness (QED) is 0.783. The van der Waals surface area contributed by atoms with Crippen molar-refractivity contribution in [2.24, 2.45) is 0 Å². The summed E-state index contributed by atoms with van der Waals surface area (Å²) in [7, 11) is 1.60. The number of nitrogens with zero attached hydrogens (tertiary/aromatic N) is 1. The number of likely N-dealkylation sites (N-methyl/N-ethyl adjacent to an activating group) is 1. The summed E-state index contributed by atoms with van der Waals surface area (Å²) in [4.78, 5) is 26.3. The number of anilines is 1. The molecule has 1 aromatic heterocycles. The van der Waals surface area contributed by atoms with E-state index >= 15 is 0 Å². The van der Waals surface area contributed by atoms with Crippen molar-refractivity contribution in [2.45, 2.75) is 6.92 Å². The zero-order valence-corrected chi connectivity index (χ0v) is 15.3. The molecule has 0 aliphatic heterocycles. The molecule has 4 nitrogen and oxygen atoms in total. The lowest BCUT2D eigenvalue weighted by atomic mass is 10.2. The lowest BCUT2D eigenvalue weighted by Crippen LogP contribution is -2.33. The fraction of sp³-hybridized carbons (Fsp3) is 0.176. The normalized spacial score (nSPS) is 10.7. The lowest BCUT2D eigenvalue weighted by Gasteiger charge is -2.14. The van der Waals surface area contributed by atoms with Crippen LogP contribution >= 0.6 is 27.3 Å². The van der Waals surface area contributed by atoms with E-state index < -0.39 is 0 Å². The Morgan fingerprint density at radius 1 is 1.22 bits per heavy atom. The van der Waals surface area contributed by atoms with Crippen LogP contribution in [0, 0.1) is 6.92 Å². The van der Waals surface area contributed by atoms with Crippen LogP contribution in [0.1, 0.15) is 10.4 Å². The van der Waals surface area contributed by atoms with E-state index in [0.717, 1.165) is 19.9 Å². The SMILES string of the molecule is Cc1ccc(NC(=O)CN(C)C(=O)/C=C/c2ccc(Br)s2)cc1. The van der Waals surface area contributed by atoms with Crippen molar-refractivity contribution in [3.05, 3.63) is 56.7 Å². The van der Waals surface area contributed by atoms with Gasteiger partial charge in [0.1, 0.15) is 0 Å². The number of nitrogens with one attached hydrogen (secondary N) is 1. The van der Waals surface area contributed by atoms with Gasteiger partial charge in [0.15, 0.2) is 0 Å². The molecule has 0 saturated carbocycles. The van der Waals surface area contributed by atoms with Crippen LogP contribution in [-0.4, -0.2) is 30.3 Å². The number of thiophene rings is 1. The monoisotopic (exact) mass is 392 g/mol. The number of rotatable bonds is 5. The second kappa shape index (κ2) is 8.08. The van der Waals surface area contributed by atoms with Crippen LogP contribution in [0.15, 0.2) is 46.3 Å². The van der Waals surface area contributed by atoms with Gasteiger partial charge in [0.25, 0.3) is 0 Å². The van der Waals surface area contributed by atoms with E-state index in [1.807, 2.05) is 43.3 Å². The summed E-state index contributed by atoms with van der Waals surface area (Å²) in [5.41, 5.74) is 1.85. The van der Waals surface area contributed by atoms with Crippen LogP contribution < -0.4 is 5.32 Å². The minimum absolute atomic E-state index is 0.00514. The van der Waals surface area contributed by atoms with E-state index in [1.165, 1.54) is 22.3 Å². The summed E-state index contributed by atoms with van der Waals surface area (Å²) in [6.45, 7) is 1.99. The molecule has 2 amide bonds. The molecule has 0 aliphatic rings. The Bertz CT molecular complexity index is 722. The molecule has 1 aromatic carbocycles. The van der Waals surface area contributed by atoms with E-state index in [4.69, 9.17) is 0 Å². The summed E-state index contributed by atoms with van der Waals surface area (Å²) in [6.07, 6.45) is 3.21. The Hall–Kier alpha value is -1.92. The van der Waals surface area contributed by atoms with Gasteiger partial charge in [-0.25, -0.2) is 0 Å². The highest BCUT2D eigenvalue weighted by atomic mass is 79.9. The van der Waals surface area contributed by atoms with Crippen molar-refractivity contribution < 1.29 is 9.59 Å². The molecule has 0 unspecified atom stereocenters. The highest BCUT2D eigenvalue weighted by Crippen LogP contribution is 2.23. The Kier molecular flexibility index (Phi) is 6.12. The fourth-order valence-electron chi connectivity index (χ4n) is 1.83. The van der Waals surface area contributed by atoms with Crippen LogP contribution in [0.4, 0.5) is 5.69 Å². The van der Waals surface area contributed by atoms with Crippen molar-refractivity contribution in [1.29, 1.82) is 0 Å². The molecule has 0 fully saturated rings. The van der Waals surface area contributed by atoms with Crippen molar-refractivity contribution >= 4 is 50.8 Å². The summed E-state index contributed by atoms with van der Waals surface area (Å²) in [6, 6.07) is 11.4. The van der Waals surface area contributed by atoms with E-state index in [9.17, 15) is 9.59 Å². The maximum Gasteiger partial charge on any atom is 0.246 e. The van der Waals surface area contributed by atoms with Gasteiger partial charge in [-0.1, -0.05) is 17.7 Å². The molecule has 120 valence electrons. The van der Waals surface area contributed by atoms with Gasteiger partial charge in [-0.3, -0.25) is 9.59 Å². The smallest absolute Gasteiger partial charge is 0.246 e. The molecule has 0 aliphatic carbocycles. The molecule has 0 spiro atoms. The van der Waals surface area contributed by atoms with Crippen LogP contribution in [0.5, 0.6) is 0 Å². The van der Waals surface area contributed by atoms with Gasteiger partial charge in [-0.15, -0.1) is 11.3 Å². The average molecular weight is 393 g/mol. The van der Waals surface area contributed by atoms with Gasteiger partial charge in [-0.2, -0.15) is 0 Å². The van der Waals surface area contributed by atoms with Gasteiger partial charge in [0, 0.05) is 23.7 Å². The van der Waals surface area contributed by atoms with Crippen LogP contribution in [0.2, 0.25) is 0 Å². The van der Waals surface area contributed by atoms with Crippen molar-refractivity contribution in [1.82, 2.24) is 4.90 Å². The van der Waals surface area contributed by atoms with Crippen molar-refractivity contribution in [3.63, 3.8) is 0 Å². The minimum Gasteiger partial charge on any atom is -0.333 e. The number of amides is 2. The van der Waals surface area contributed by atoms with Crippen molar-refractivity contribution in [2.75, 3.05) is 18.9 Å². The first-order valence-corrected chi connectivity index (χ1v) is 8.60. The molecule has 0 atom stereocenters. The second-order valence-corrected chi connectivity index (χ2v) is 7.58. The molecule has 2 rings (SSSR count). The van der Waals surface area contributed by atoms with Gasteiger partial charge >= 0.3 is 0 Å². The first kappa shape index (κ1) is 17.4. The van der Waals surface area contributed by atoms with Crippen LogP contribution in [0.3, 0.4) is 0 Å². The largest absolute Gasteiger partial charge is 0.333 e. The zero-order chi connectivity index (χ0) is 16.8. The average Bonchev–Trinajstić information content (AvgIpc) is 2.92. The molecule has 0 bridgehead atoms. The lowest BCUT2D eigenvalue weighted by molar-refractivity contribution is -0.129. The maximum absolute atomic E-state index is 12.0. The second-order valence-electron chi connectivity index (χ2n) is 5.08. The van der Waals surface area contributed by atoms with Crippen molar-refractivity contribution in [3.8, 4) is 0 Å². The predicted octanol–water partition coefficient (Wildman–Crippen LogP) is 3.93. The third-order valence-electron chi connectivity index (χ3n) is 3.08. The topological polar surface area (TPSA) is 49.4 Å². The van der Waals surface area contributed by atoms with Crippen LogP contribution in [0.25, 0.3) is 6.08 Å². The van der Waals surface area contributed by atoms with Gasteiger partial charge in [0.2, 0.25) is 11.8 Å². The Morgan fingerprint density at radius 3 is 2.52 bits per heavy atom. The molecule has 1 heterocycles. The highest BCUT2D eigenvalue weighted by Gasteiger charge is 2.10. The number of hydrogen-bond acceptors (Lipinski definition) is 3. The third kappa shape index (κ3) is 5.65. The highest BCUT2D eigenvalue weighted by molar-refractivity contribution is 9.11. The summed E-state index contributed by atoms with van der Waals surface area (Å²) >= 11 is 4.91. The summed E-state index contributed by atoms with van der Waals surface area (Å²) in [5, 5.41) is 2.77. The summed E-state index contributed by atoms with van der Waals surface area (Å²) < 4.78 is 1.01. The van der Waals surface area contributed by atoms with E-state index in [-0.39, 0.29) is 18.4 Å². The fourth-order valence-corrected chi connectivity index (χ4v) is 3.16. The maximum atomic E-state index is 12.0. The van der Waals surface area contributed by atoms with Gasteiger partial charge in [-0.05, 0) is 53.2 Å². The van der Waals surface area contributed by atoms with E-state index in [2.05, 4.69) is 21.2 Å². The molecule has 0 radical (unpaired) electrons. The molecule has 1 N–H and O–H groups in total.